The highest BCUT2D eigenvalue weighted by molar-refractivity contribution is 5.95. The Bertz CT molecular complexity index is 953. The molecule has 3 rings (SSSR count). The first-order chi connectivity index (χ1) is 13.7. The first-order valence-corrected chi connectivity index (χ1v) is 9.18. The largest absolute Gasteiger partial charge is 0.444 e. The number of nitriles is 1. The van der Waals surface area contributed by atoms with Gasteiger partial charge in [0.05, 0.1) is 22.8 Å². The van der Waals surface area contributed by atoms with Gasteiger partial charge >= 0.3 is 12.7 Å². The van der Waals surface area contributed by atoms with Crippen LogP contribution in [0.25, 0.3) is 10.9 Å². The summed E-state index contributed by atoms with van der Waals surface area (Å²) >= 11 is 0. The number of fused-ring (bicyclic) bond motifs is 1. The van der Waals surface area contributed by atoms with Crippen LogP contribution in [0.3, 0.4) is 0 Å². The Kier molecular flexibility index (Phi) is 5.73. The molecule has 9 heteroatoms. The number of nitrogens with zero attached hydrogens (tertiary/aromatic N) is 3. The van der Waals surface area contributed by atoms with Crippen LogP contribution in [0.2, 0.25) is 0 Å². The van der Waals surface area contributed by atoms with Crippen molar-refractivity contribution in [3.63, 3.8) is 0 Å². The number of aromatic nitrogens is 1. The summed E-state index contributed by atoms with van der Waals surface area (Å²) in [7, 11) is 0. The maximum absolute atomic E-state index is 12.6. The van der Waals surface area contributed by atoms with Crippen LogP contribution in [0.15, 0.2) is 24.4 Å². The summed E-state index contributed by atoms with van der Waals surface area (Å²) in [6, 6.07) is 6.38. The SMILES string of the molecule is CC(C)(C)OC(=O)N[C@@H]1CCN(c2c(C#N)cnc3ccc(OC(F)F)cc23)C1. The molecule has 0 bridgehead atoms. The summed E-state index contributed by atoms with van der Waals surface area (Å²) in [6.07, 6.45) is 1.61. The molecule has 1 aromatic carbocycles. The van der Waals surface area contributed by atoms with Gasteiger partial charge in [-0.15, -0.1) is 0 Å². The average Bonchev–Trinajstić information content (AvgIpc) is 3.06. The normalized spacial score (nSPS) is 16.7. The number of rotatable bonds is 4. The van der Waals surface area contributed by atoms with Crippen molar-refractivity contribution in [2.24, 2.45) is 0 Å². The quantitative estimate of drug-likeness (QED) is 0.834. The van der Waals surface area contributed by atoms with E-state index in [-0.39, 0.29) is 11.8 Å². The molecule has 1 aliphatic heterocycles. The number of benzene rings is 1. The standard InChI is InChI=1S/C20H22F2N4O3/c1-20(2,3)29-19(27)25-13-6-7-26(11-13)17-12(9-23)10-24-16-5-4-14(8-15(16)17)28-18(21)22/h4-5,8,10,13,18H,6-7,11H2,1-3H3,(H,25,27)/t13-/m1/s1. The van der Waals surface area contributed by atoms with Gasteiger partial charge in [0.2, 0.25) is 0 Å². The zero-order valence-corrected chi connectivity index (χ0v) is 16.4. The second kappa shape index (κ2) is 8.07. The van der Waals surface area contributed by atoms with Gasteiger partial charge in [0.25, 0.3) is 0 Å². The first-order valence-electron chi connectivity index (χ1n) is 9.18. The Balaban J connectivity index is 1.86. The van der Waals surface area contributed by atoms with E-state index in [1.165, 1.54) is 18.3 Å². The third kappa shape index (κ3) is 5.02. The molecule has 0 spiro atoms. The summed E-state index contributed by atoms with van der Waals surface area (Å²) in [5.74, 6) is -0.00623. The molecule has 0 radical (unpaired) electrons. The van der Waals surface area contributed by atoms with Crippen molar-refractivity contribution < 1.29 is 23.0 Å². The number of hydrogen-bond donors (Lipinski definition) is 1. The number of carbonyl (C=O) groups is 1. The number of hydrogen-bond acceptors (Lipinski definition) is 6. The fourth-order valence-electron chi connectivity index (χ4n) is 3.31. The predicted molar refractivity (Wildman–Crippen MR) is 103 cm³/mol. The van der Waals surface area contributed by atoms with Crippen LogP contribution >= 0.6 is 0 Å². The molecular weight excluding hydrogens is 382 g/mol. The van der Waals surface area contributed by atoms with Crippen molar-refractivity contribution in [1.82, 2.24) is 10.3 Å². The van der Waals surface area contributed by atoms with Crippen molar-refractivity contribution >= 4 is 22.7 Å². The number of pyridine rings is 1. The Morgan fingerprint density at radius 3 is 2.83 bits per heavy atom. The number of nitrogens with one attached hydrogen (secondary N) is 1. The van der Waals surface area contributed by atoms with Gasteiger partial charge in [-0.3, -0.25) is 4.98 Å². The lowest BCUT2D eigenvalue weighted by Crippen LogP contribution is -2.40. The summed E-state index contributed by atoms with van der Waals surface area (Å²) in [4.78, 5) is 18.2. The molecule has 1 saturated heterocycles. The number of alkyl carbamates (subject to hydrolysis) is 1. The van der Waals surface area contributed by atoms with E-state index in [0.29, 0.717) is 41.7 Å². The minimum atomic E-state index is -2.95. The van der Waals surface area contributed by atoms with Crippen LogP contribution in [0, 0.1) is 11.3 Å². The number of alkyl halides is 2. The lowest BCUT2D eigenvalue weighted by molar-refractivity contribution is -0.0497. The van der Waals surface area contributed by atoms with E-state index >= 15 is 0 Å². The number of amides is 1. The number of halogens is 2. The predicted octanol–water partition coefficient (Wildman–Crippen LogP) is 3.81. The maximum Gasteiger partial charge on any atom is 0.407 e. The van der Waals surface area contributed by atoms with E-state index in [4.69, 9.17) is 4.74 Å². The van der Waals surface area contributed by atoms with E-state index in [1.807, 2.05) is 4.90 Å². The molecule has 2 aromatic rings. The molecule has 1 atom stereocenters. The van der Waals surface area contributed by atoms with Crippen LogP contribution in [0.4, 0.5) is 19.3 Å². The van der Waals surface area contributed by atoms with Crippen molar-refractivity contribution in [3.8, 4) is 11.8 Å². The van der Waals surface area contributed by atoms with Crippen LogP contribution < -0.4 is 15.0 Å². The topological polar surface area (TPSA) is 87.5 Å². The van der Waals surface area contributed by atoms with Gasteiger partial charge in [-0.1, -0.05) is 0 Å². The molecule has 154 valence electrons. The summed E-state index contributed by atoms with van der Waals surface area (Å²) < 4.78 is 35.0. The molecule has 0 saturated carbocycles. The van der Waals surface area contributed by atoms with Crippen molar-refractivity contribution in [2.45, 2.75) is 45.4 Å². The molecule has 7 nitrogen and oxygen atoms in total. The van der Waals surface area contributed by atoms with Crippen molar-refractivity contribution in [3.05, 3.63) is 30.0 Å². The highest BCUT2D eigenvalue weighted by atomic mass is 19.3. The van der Waals surface area contributed by atoms with Gasteiger partial charge in [0.1, 0.15) is 17.4 Å². The van der Waals surface area contributed by atoms with Gasteiger partial charge in [-0.25, -0.2) is 4.79 Å². The van der Waals surface area contributed by atoms with Gasteiger partial charge in [0.15, 0.2) is 0 Å². The molecule has 1 aromatic heterocycles. The van der Waals surface area contributed by atoms with E-state index in [1.54, 1.807) is 26.8 Å². The molecule has 0 unspecified atom stereocenters. The van der Waals surface area contributed by atoms with Crippen LogP contribution in [0.5, 0.6) is 5.75 Å². The van der Waals surface area contributed by atoms with E-state index < -0.39 is 18.3 Å². The fourth-order valence-corrected chi connectivity index (χ4v) is 3.31. The van der Waals surface area contributed by atoms with Gasteiger partial charge < -0.3 is 19.7 Å². The van der Waals surface area contributed by atoms with E-state index in [0.717, 1.165) is 0 Å². The Morgan fingerprint density at radius 2 is 2.17 bits per heavy atom. The fraction of sp³-hybridized carbons (Fsp3) is 0.450. The number of ether oxygens (including phenoxy) is 2. The third-order valence-electron chi connectivity index (χ3n) is 4.38. The van der Waals surface area contributed by atoms with Crippen molar-refractivity contribution in [2.75, 3.05) is 18.0 Å². The molecule has 2 heterocycles. The second-order valence-corrected chi connectivity index (χ2v) is 7.77. The van der Waals surface area contributed by atoms with E-state index in [9.17, 15) is 18.8 Å². The molecule has 0 aliphatic carbocycles. The highest BCUT2D eigenvalue weighted by Gasteiger charge is 2.29. The average molecular weight is 404 g/mol. The third-order valence-corrected chi connectivity index (χ3v) is 4.38. The smallest absolute Gasteiger partial charge is 0.407 e. The summed E-state index contributed by atoms with van der Waals surface area (Å²) in [5, 5.41) is 12.9. The monoisotopic (exact) mass is 404 g/mol. The van der Waals surface area contributed by atoms with Gasteiger partial charge in [-0.05, 0) is 45.4 Å². The molecule has 1 fully saturated rings. The molecule has 1 N–H and O–H groups in total. The first kappa shape index (κ1) is 20.6. The van der Waals surface area contributed by atoms with Crippen LogP contribution in [0.1, 0.15) is 32.8 Å². The zero-order valence-electron chi connectivity index (χ0n) is 16.4. The minimum absolute atomic E-state index is 0.00623. The Labute approximate surface area is 167 Å². The number of anilines is 1. The van der Waals surface area contributed by atoms with Crippen LogP contribution in [-0.2, 0) is 4.74 Å². The van der Waals surface area contributed by atoms with Gasteiger partial charge in [-0.2, -0.15) is 14.0 Å². The van der Waals surface area contributed by atoms with Crippen LogP contribution in [-0.4, -0.2) is 42.4 Å². The molecule has 29 heavy (non-hydrogen) atoms. The maximum atomic E-state index is 12.6. The second-order valence-electron chi connectivity index (χ2n) is 7.77. The van der Waals surface area contributed by atoms with E-state index in [2.05, 4.69) is 21.1 Å². The highest BCUT2D eigenvalue weighted by Crippen LogP contribution is 2.34. The summed E-state index contributed by atoms with van der Waals surface area (Å²) in [5.41, 5.74) is 0.873. The van der Waals surface area contributed by atoms with Gasteiger partial charge in [0, 0.05) is 24.7 Å². The number of carbonyl (C=O) groups excluding carboxylic acids is 1. The molecule has 1 amide bonds. The summed E-state index contributed by atoms with van der Waals surface area (Å²) in [6.45, 7) is 3.44. The lowest BCUT2D eigenvalue weighted by Gasteiger charge is -2.23. The van der Waals surface area contributed by atoms with Crippen molar-refractivity contribution in [1.29, 1.82) is 5.26 Å². The zero-order chi connectivity index (χ0) is 21.2. The molecular formula is C20H22F2N4O3. The Morgan fingerprint density at radius 1 is 1.41 bits per heavy atom. The molecule has 1 aliphatic rings. The lowest BCUT2D eigenvalue weighted by atomic mass is 10.1. The Hall–Kier alpha value is -3.15. The minimum Gasteiger partial charge on any atom is -0.444 e.